The van der Waals surface area contributed by atoms with Crippen molar-refractivity contribution in [3.05, 3.63) is 106 Å². The maximum Gasteiger partial charge on any atom is 0.360 e. The predicted octanol–water partition coefficient (Wildman–Crippen LogP) is 4.08. The number of benzene rings is 3. The summed E-state index contributed by atoms with van der Waals surface area (Å²) in [6.45, 7) is 3.87. The van der Waals surface area contributed by atoms with Gasteiger partial charge in [0.05, 0.1) is 5.39 Å². The van der Waals surface area contributed by atoms with E-state index >= 15 is 0 Å². The maximum absolute atomic E-state index is 13.2. The van der Waals surface area contributed by atoms with E-state index in [0.29, 0.717) is 22.0 Å². The lowest BCUT2D eigenvalue weighted by Gasteiger charge is -2.18. The number of esters is 1. The first-order valence-corrected chi connectivity index (χ1v) is 10.0. The van der Waals surface area contributed by atoms with Crippen molar-refractivity contribution in [3.63, 3.8) is 0 Å². The number of rotatable bonds is 5. The molecule has 1 atom stereocenters. The van der Waals surface area contributed by atoms with Gasteiger partial charge < -0.3 is 10.1 Å². The summed E-state index contributed by atoms with van der Waals surface area (Å²) in [6.07, 6.45) is -1.21. The number of nitrogens with one attached hydrogen (secondary N) is 2. The van der Waals surface area contributed by atoms with Crippen LogP contribution in [0.5, 0.6) is 0 Å². The van der Waals surface area contributed by atoms with E-state index in [1.54, 1.807) is 54.6 Å². The average molecular weight is 427 g/mol. The molecule has 4 aromatic rings. The molecule has 160 valence electrons. The first-order chi connectivity index (χ1) is 15.4. The van der Waals surface area contributed by atoms with Crippen molar-refractivity contribution >= 4 is 28.3 Å². The Balaban J connectivity index is 1.67. The topological polar surface area (TPSA) is 101 Å². The predicted molar refractivity (Wildman–Crippen MR) is 122 cm³/mol. The number of anilines is 1. The van der Waals surface area contributed by atoms with Gasteiger partial charge >= 0.3 is 5.97 Å². The Bertz CT molecular complexity index is 1340. The van der Waals surface area contributed by atoms with Crippen LogP contribution >= 0.6 is 0 Å². The molecule has 2 N–H and O–H groups in total. The second kappa shape index (κ2) is 8.85. The van der Waals surface area contributed by atoms with Gasteiger partial charge in [-0.05, 0) is 43.2 Å². The Kier molecular flexibility index (Phi) is 5.81. The summed E-state index contributed by atoms with van der Waals surface area (Å²) in [7, 11) is 0. The lowest BCUT2D eigenvalue weighted by atomic mass is 10.1. The molecule has 1 heterocycles. The van der Waals surface area contributed by atoms with Crippen LogP contribution in [0, 0.1) is 13.8 Å². The van der Waals surface area contributed by atoms with Crippen molar-refractivity contribution in [2.75, 3.05) is 5.32 Å². The minimum Gasteiger partial charge on any atom is -0.442 e. The van der Waals surface area contributed by atoms with Gasteiger partial charge in [-0.3, -0.25) is 9.59 Å². The second-order valence-corrected chi connectivity index (χ2v) is 7.51. The molecule has 0 radical (unpaired) electrons. The van der Waals surface area contributed by atoms with Gasteiger partial charge in [0.15, 0.2) is 5.69 Å². The highest BCUT2D eigenvalue weighted by molar-refractivity contribution is 6.04. The number of aromatic nitrogens is 2. The van der Waals surface area contributed by atoms with Crippen LogP contribution in [0.1, 0.15) is 33.3 Å². The molecule has 0 aliphatic carbocycles. The highest BCUT2D eigenvalue weighted by atomic mass is 16.5. The molecule has 7 nitrogen and oxygen atoms in total. The zero-order valence-electron chi connectivity index (χ0n) is 17.6. The number of aromatic amines is 1. The number of nitrogens with zero attached hydrogens (tertiary/aromatic N) is 1. The van der Waals surface area contributed by atoms with Gasteiger partial charge in [0.2, 0.25) is 6.10 Å². The molecule has 1 amide bonds. The third kappa shape index (κ3) is 4.41. The molecule has 0 bridgehead atoms. The zero-order valence-corrected chi connectivity index (χ0v) is 17.6. The number of carbonyl (C=O) groups excluding carboxylic acids is 2. The number of fused-ring (bicyclic) bond motifs is 1. The lowest BCUT2D eigenvalue weighted by Crippen LogP contribution is -2.27. The van der Waals surface area contributed by atoms with Crippen molar-refractivity contribution < 1.29 is 14.3 Å². The molecular weight excluding hydrogens is 406 g/mol. The van der Waals surface area contributed by atoms with E-state index < -0.39 is 23.5 Å². The minimum atomic E-state index is -1.21. The van der Waals surface area contributed by atoms with E-state index in [0.717, 1.165) is 11.1 Å². The standard InChI is InChI=1S/C25H21N3O4/c1-15-12-16(2)14-18(13-15)26-24(30)22(17-8-4-3-5-9-17)32-25(31)21-19-10-6-7-11-20(19)23(29)28-27-21/h3-14,22H,1-2H3,(H,26,30)(H,28,29). The number of hydrogen-bond acceptors (Lipinski definition) is 5. The molecule has 0 aliphatic rings. The third-order valence-corrected chi connectivity index (χ3v) is 4.94. The van der Waals surface area contributed by atoms with Gasteiger partial charge in [-0.15, -0.1) is 0 Å². The number of aryl methyl sites for hydroxylation is 2. The fraction of sp³-hybridized carbons (Fsp3) is 0.120. The zero-order chi connectivity index (χ0) is 22.7. The normalized spacial score (nSPS) is 11.7. The Labute approximate surface area is 184 Å². The summed E-state index contributed by atoms with van der Waals surface area (Å²) in [5, 5.41) is 9.68. The Morgan fingerprint density at radius 2 is 1.53 bits per heavy atom. The minimum absolute atomic E-state index is 0.0691. The summed E-state index contributed by atoms with van der Waals surface area (Å²) in [5.74, 6) is -1.31. The molecule has 4 rings (SSSR count). The van der Waals surface area contributed by atoms with E-state index in [4.69, 9.17) is 4.74 Å². The van der Waals surface area contributed by atoms with E-state index in [1.807, 2.05) is 32.0 Å². The van der Waals surface area contributed by atoms with Crippen LogP contribution in [0.4, 0.5) is 5.69 Å². The van der Waals surface area contributed by atoms with Gasteiger partial charge in [0, 0.05) is 16.6 Å². The van der Waals surface area contributed by atoms with Crippen molar-refractivity contribution in [2.24, 2.45) is 0 Å². The molecule has 3 aromatic carbocycles. The fourth-order valence-electron chi connectivity index (χ4n) is 3.59. The SMILES string of the molecule is Cc1cc(C)cc(NC(=O)C(OC(=O)c2n[nH]c(=O)c3ccccc23)c2ccccc2)c1. The smallest absolute Gasteiger partial charge is 0.360 e. The number of H-pyrrole nitrogens is 1. The quantitative estimate of drug-likeness (QED) is 0.468. The molecule has 0 spiro atoms. The number of ether oxygens (including phenoxy) is 1. The van der Waals surface area contributed by atoms with E-state index in [-0.39, 0.29) is 5.69 Å². The van der Waals surface area contributed by atoms with Crippen molar-refractivity contribution in [1.82, 2.24) is 10.2 Å². The summed E-state index contributed by atoms with van der Waals surface area (Å²) in [6, 6.07) is 21.0. The molecule has 0 saturated carbocycles. The molecular formula is C25H21N3O4. The number of carbonyl (C=O) groups is 2. The molecule has 0 fully saturated rings. The van der Waals surface area contributed by atoms with Gasteiger partial charge in [0.1, 0.15) is 0 Å². The maximum atomic E-state index is 13.2. The van der Waals surface area contributed by atoms with Crippen LogP contribution in [-0.2, 0) is 9.53 Å². The first kappa shape index (κ1) is 21.0. The second-order valence-electron chi connectivity index (χ2n) is 7.51. The molecule has 7 heteroatoms. The third-order valence-electron chi connectivity index (χ3n) is 4.94. The van der Waals surface area contributed by atoms with Gasteiger partial charge in [-0.1, -0.05) is 54.6 Å². The Morgan fingerprint density at radius 3 is 2.22 bits per heavy atom. The fourth-order valence-corrected chi connectivity index (χ4v) is 3.59. The monoisotopic (exact) mass is 427 g/mol. The highest BCUT2D eigenvalue weighted by Crippen LogP contribution is 2.24. The van der Waals surface area contributed by atoms with Gasteiger partial charge in [-0.25, -0.2) is 9.89 Å². The van der Waals surface area contributed by atoms with Crippen LogP contribution in [0.2, 0.25) is 0 Å². The molecule has 1 unspecified atom stereocenters. The number of amides is 1. The lowest BCUT2D eigenvalue weighted by molar-refractivity contribution is -0.125. The average Bonchev–Trinajstić information content (AvgIpc) is 2.77. The first-order valence-electron chi connectivity index (χ1n) is 10.0. The van der Waals surface area contributed by atoms with Crippen molar-refractivity contribution in [3.8, 4) is 0 Å². The van der Waals surface area contributed by atoms with Gasteiger partial charge in [0.25, 0.3) is 11.5 Å². The Hall–Kier alpha value is -4.26. The molecule has 0 saturated heterocycles. The van der Waals surface area contributed by atoms with E-state index in [9.17, 15) is 14.4 Å². The highest BCUT2D eigenvalue weighted by Gasteiger charge is 2.27. The molecule has 32 heavy (non-hydrogen) atoms. The number of hydrogen-bond donors (Lipinski definition) is 2. The summed E-state index contributed by atoms with van der Waals surface area (Å²) < 4.78 is 5.63. The van der Waals surface area contributed by atoms with E-state index in [2.05, 4.69) is 15.5 Å². The van der Waals surface area contributed by atoms with Crippen LogP contribution < -0.4 is 10.9 Å². The van der Waals surface area contributed by atoms with Crippen molar-refractivity contribution in [1.29, 1.82) is 0 Å². The van der Waals surface area contributed by atoms with E-state index in [1.165, 1.54) is 0 Å². The van der Waals surface area contributed by atoms with Crippen LogP contribution in [-0.4, -0.2) is 22.1 Å². The largest absolute Gasteiger partial charge is 0.442 e. The summed E-state index contributed by atoms with van der Waals surface area (Å²) in [4.78, 5) is 38.2. The van der Waals surface area contributed by atoms with Crippen molar-refractivity contribution in [2.45, 2.75) is 20.0 Å². The summed E-state index contributed by atoms with van der Waals surface area (Å²) in [5.41, 5.74) is 2.63. The molecule has 1 aromatic heterocycles. The molecule has 0 aliphatic heterocycles. The summed E-state index contributed by atoms with van der Waals surface area (Å²) >= 11 is 0. The van der Waals surface area contributed by atoms with Crippen LogP contribution in [0.15, 0.2) is 77.6 Å². The van der Waals surface area contributed by atoms with Crippen LogP contribution in [0.25, 0.3) is 10.8 Å². The van der Waals surface area contributed by atoms with Gasteiger partial charge in [-0.2, -0.15) is 5.10 Å². The van der Waals surface area contributed by atoms with Crippen LogP contribution in [0.3, 0.4) is 0 Å². The Morgan fingerprint density at radius 1 is 0.906 bits per heavy atom.